The molecule has 0 radical (unpaired) electrons. The number of nitrogens with two attached hydrogens (primary N) is 1. The second-order valence-electron chi connectivity index (χ2n) is 12.6. The van der Waals surface area contributed by atoms with E-state index in [1.54, 1.807) is 40.0 Å². The minimum atomic E-state index is -1.43. The Morgan fingerprint density at radius 1 is 1.00 bits per heavy atom. The maximum absolute atomic E-state index is 16.3. The summed E-state index contributed by atoms with van der Waals surface area (Å²) >= 11 is 6.70. The van der Waals surface area contributed by atoms with Crippen LogP contribution in [0.15, 0.2) is 78.9 Å². The number of nitrogens with zero attached hydrogens (tertiary/aromatic N) is 1. The van der Waals surface area contributed by atoms with Gasteiger partial charge in [0.25, 0.3) is 0 Å². The third-order valence-electron chi connectivity index (χ3n) is 8.10. The minimum absolute atomic E-state index is 0.0271. The summed E-state index contributed by atoms with van der Waals surface area (Å²) in [4.78, 5) is 27.4. The Kier molecular flexibility index (Phi) is 9.98. The van der Waals surface area contributed by atoms with Crippen molar-refractivity contribution in [3.63, 3.8) is 0 Å². The Labute approximate surface area is 283 Å². The van der Waals surface area contributed by atoms with Crippen molar-refractivity contribution < 1.29 is 37.3 Å². The smallest absolute Gasteiger partial charge is 0.410 e. The molecule has 0 saturated heterocycles. The highest BCUT2D eigenvalue weighted by atomic mass is 35.5. The summed E-state index contributed by atoms with van der Waals surface area (Å²) in [6.45, 7) is 5.31. The molecule has 0 aliphatic carbocycles. The monoisotopic (exact) mass is 678 g/mol. The maximum Gasteiger partial charge on any atom is 0.410 e. The topological polar surface area (TPSA) is 100 Å². The van der Waals surface area contributed by atoms with Crippen LogP contribution in [0, 0.1) is 11.6 Å². The Balaban J connectivity index is 1.77. The number of halogens is 3. The standard InChI is InChI=1S/C37H37ClF2N2O6/c1-36(2,3)48-35(44)42(4)21-37(23-14-10-7-11-15-23)25(20-46-19-22-12-8-6-9-13-22)30-28(47-37)18-26(39)32(38)31(30)29-24(34(41)43)16-17-27(45-5)33(29)40/h6-18,25H,19-21H2,1-5H3,(H2,41,43)/t25-,37+/m0/s1. The molecule has 1 heterocycles. The molecule has 0 aromatic heterocycles. The molecule has 11 heteroatoms. The SMILES string of the molecule is COc1ccc(C(N)=O)c(-c2c(Cl)c(F)cc3c2[C@H](COCc2ccccc2)[C@@](CN(C)C(=O)OC(C)(C)C)(c2ccccc2)O3)c1F. The molecule has 0 saturated carbocycles. The normalized spacial score (nSPS) is 17.0. The van der Waals surface area contributed by atoms with Gasteiger partial charge in [-0.3, -0.25) is 4.79 Å². The van der Waals surface area contributed by atoms with Gasteiger partial charge in [-0.2, -0.15) is 0 Å². The predicted molar refractivity (Wildman–Crippen MR) is 178 cm³/mol. The summed E-state index contributed by atoms with van der Waals surface area (Å²) in [6.07, 6.45) is -0.624. The fourth-order valence-electron chi connectivity index (χ4n) is 6.01. The van der Waals surface area contributed by atoms with Crippen molar-refractivity contribution in [2.24, 2.45) is 5.73 Å². The van der Waals surface area contributed by atoms with Gasteiger partial charge in [0.05, 0.1) is 43.4 Å². The number of ether oxygens (including phenoxy) is 4. The van der Waals surface area contributed by atoms with Gasteiger partial charge in [-0.25, -0.2) is 13.6 Å². The molecule has 2 N–H and O–H groups in total. The number of hydrogen-bond donors (Lipinski definition) is 1. The Morgan fingerprint density at radius 2 is 1.65 bits per heavy atom. The van der Waals surface area contributed by atoms with Gasteiger partial charge in [0.15, 0.2) is 17.2 Å². The second-order valence-corrected chi connectivity index (χ2v) is 13.0. The first kappa shape index (κ1) is 34.7. The van der Waals surface area contributed by atoms with Crippen LogP contribution in [0.25, 0.3) is 11.1 Å². The van der Waals surface area contributed by atoms with E-state index in [0.29, 0.717) is 5.56 Å². The van der Waals surface area contributed by atoms with Crippen molar-refractivity contribution in [1.82, 2.24) is 4.90 Å². The number of primary amides is 1. The number of methoxy groups -OCH3 is 1. The van der Waals surface area contributed by atoms with E-state index in [0.717, 1.165) is 11.6 Å². The van der Waals surface area contributed by atoms with E-state index in [4.69, 9.17) is 36.3 Å². The van der Waals surface area contributed by atoms with Crippen molar-refractivity contribution in [2.75, 3.05) is 27.3 Å². The lowest BCUT2D eigenvalue weighted by Crippen LogP contribution is -2.49. The van der Waals surface area contributed by atoms with Crippen LogP contribution in [0.1, 0.15) is 53.7 Å². The molecule has 48 heavy (non-hydrogen) atoms. The van der Waals surface area contributed by atoms with Gasteiger partial charge in [-0.15, -0.1) is 0 Å². The molecule has 0 unspecified atom stereocenters. The summed E-state index contributed by atoms with van der Waals surface area (Å²) in [5.41, 5.74) is 4.56. The van der Waals surface area contributed by atoms with Crippen LogP contribution in [0.4, 0.5) is 13.6 Å². The Morgan fingerprint density at radius 3 is 2.25 bits per heavy atom. The number of benzene rings is 4. The number of carbonyl (C=O) groups is 2. The van der Waals surface area contributed by atoms with Crippen LogP contribution in [-0.4, -0.2) is 49.8 Å². The van der Waals surface area contributed by atoms with Gasteiger partial charge >= 0.3 is 6.09 Å². The number of carbonyl (C=O) groups excluding carboxylic acids is 2. The fourth-order valence-corrected chi connectivity index (χ4v) is 6.27. The number of likely N-dealkylation sites (N-methyl/N-ethyl adjacent to an activating group) is 1. The average Bonchev–Trinajstić information content (AvgIpc) is 3.34. The first-order valence-corrected chi connectivity index (χ1v) is 15.6. The van der Waals surface area contributed by atoms with Crippen LogP contribution >= 0.6 is 11.6 Å². The maximum atomic E-state index is 16.3. The molecule has 8 nitrogen and oxygen atoms in total. The number of hydrogen-bond acceptors (Lipinski definition) is 6. The molecule has 4 aromatic rings. The van der Waals surface area contributed by atoms with Crippen molar-refractivity contribution in [3.8, 4) is 22.6 Å². The molecule has 1 aliphatic rings. The summed E-state index contributed by atoms with van der Waals surface area (Å²) in [6, 6.07) is 22.2. The van der Waals surface area contributed by atoms with Gasteiger partial charge in [0, 0.05) is 29.8 Å². The zero-order valence-electron chi connectivity index (χ0n) is 27.3. The van der Waals surface area contributed by atoms with Gasteiger partial charge in [-0.1, -0.05) is 72.3 Å². The lowest BCUT2D eigenvalue weighted by Gasteiger charge is -2.38. The van der Waals surface area contributed by atoms with E-state index in [2.05, 4.69) is 0 Å². The van der Waals surface area contributed by atoms with Crippen LogP contribution in [0.2, 0.25) is 5.02 Å². The molecular weight excluding hydrogens is 642 g/mol. The Bertz CT molecular complexity index is 1820. The molecule has 4 aromatic carbocycles. The van der Waals surface area contributed by atoms with E-state index < -0.39 is 45.8 Å². The average molecular weight is 679 g/mol. The van der Waals surface area contributed by atoms with Crippen LogP contribution in [-0.2, 0) is 21.7 Å². The van der Waals surface area contributed by atoms with Gasteiger partial charge in [0.1, 0.15) is 17.2 Å². The zero-order valence-corrected chi connectivity index (χ0v) is 28.1. The summed E-state index contributed by atoms with van der Waals surface area (Å²) in [5.74, 6) is -3.87. The molecule has 1 aliphatic heterocycles. The summed E-state index contributed by atoms with van der Waals surface area (Å²) in [5, 5.41) is -0.454. The largest absolute Gasteiger partial charge is 0.494 e. The molecule has 252 valence electrons. The molecule has 2 amide bonds. The zero-order chi connectivity index (χ0) is 34.8. The van der Waals surface area contributed by atoms with Crippen molar-refractivity contribution in [1.29, 1.82) is 0 Å². The molecular formula is C37H37ClF2N2O6. The lowest BCUT2D eigenvalue weighted by atomic mass is 9.76. The third-order valence-corrected chi connectivity index (χ3v) is 8.47. The third kappa shape index (κ3) is 6.81. The minimum Gasteiger partial charge on any atom is -0.494 e. The van der Waals surface area contributed by atoms with E-state index in [9.17, 15) is 9.59 Å². The van der Waals surface area contributed by atoms with Crippen molar-refractivity contribution in [2.45, 2.75) is 44.5 Å². The van der Waals surface area contributed by atoms with E-state index >= 15 is 8.78 Å². The van der Waals surface area contributed by atoms with Gasteiger partial charge in [0.2, 0.25) is 5.91 Å². The number of amides is 2. The lowest BCUT2D eigenvalue weighted by molar-refractivity contribution is -0.0200. The summed E-state index contributed by atoms with van der Waals surface area (Å²) in [7, 11) is 2.83. The van der Waals surface area contributed by atoms with Gasteiger partial charge in [-0.05, 0) is 44.0 Å². The first-order chi connectivity index (χ1) is 22.8. The quantitative estimate of drug-likeness (QED) is 0.183. The van der Waals surface area contributed by atoms with Crippen LogP contribution in [0.5, 0.6) is 11.5 Å². The summed E-state index contributed by atoms with van der Waals surface area (Å²) < 4.78 is 56.0. The molecule has 0 spiro atoms. The highest BCUT2D eigenvalue weighted by Gasteiger charge is 2.53. The number of rotatable bonds is 10. The van der Waals surface area contributed by atoms with E-state index in [-0.39, 0.29) is 53.5 Å². The highest BCUT2D eigenvalue weighted by Crippen LogP contribution is 2.57. The van der Waals surface area contributed by atoms with Crippen LogP contribution < -0.4 is 15.2 Å². The van der Waals surface area contributed by atoms with Crippen molar-refractivity contribution >= 4 is 23.6 Å². The van der Waals surface area contributed by atoms with Crippen LogP contribution in [0.3, 0.4) is 0 Å². The van der Waals surface area contributed by atoms with E-state index in [1.165, 1.54) is 24.1 Å². The number of fused-ring (bicyclic) bond motifs is 1. The molecule has 0 bridgehead atoms. The molecule has 5 rings (SSSR count). The predicted octanol–water partition coefficient (Wildman–Crippen LogP) is 7.85. The van der Waals surface area contributed by atoms with E-state index in [1.807, 2.05) is 48.5 Å². The van der Waals surface area contributed by atoms with Crippen molar-refractivity contribution in [3.05, 3.63) is 118 Å². The second kappa shape index (κ2) is 13.8. The highest BCUT2D eigenvalue weighted by molar-refractivity contribution is 6.34. The molecule has 2 atom stereocenters. The molecule has 0 fully saturated rings. The first-order valence-electron chi connectivity index (χ1n) is 15.3. The Hall–Kier alpha value is -4.67. The van der Waals surface area contributed by atoms with Gasteiger partial charge < -0.3 is 29.6 Å². The fraction of sp³-hybridized carbons (Fsp3) is 0.297.